The van der Waals surface area contributed by atoms with E-state index >= 15 is 0 Å². The number of nitrogens with zero attached hydrogens (tertiary/aromatic N) is 4. The zero-order chi connectivity index (χ0) is 18.1. The number of carbonyl (C=O) groups is 1. The van der Waals surface area contributed by atoms with Crippen molar-refractivity contribution in [3.63, 3.8) is 0 Å². The topological polar surface area (TPSA) is 52.3 Å². The van der Waals surface area contributed by atoms with E-state index in [-0.39, 0.29) is 5.91 Å². The number of hydrogen-bond donors (Lipinski definition) is 0. The van der Waals surface area contributed by atoms with E-state index in [2.05, 4.69) is 5.10 Å². The standard InChI is InChI=1S/C19H19ClN4O2/c1-22-11-15(9-17(22)20)19(25)23-7-8-24-16(12-23)10-18(21-24)26-13-14-5-3-2-4-6-14/h2-6,9-11H,7-8,12-13H2,1H3. The summed E-state index contributed by atoms with van der Waals surface area (Å²) in [5.74, 6) is 0.563. The molecule has 1 aromatic carbocycles. The summed E-state index contributed by atoms with van der Waals surface area (Å²) < 4.78 is 9.43. The molecule has 1 amide bonds. The fourth-order valence-corrected chi connectivity index (χ4v) is 3.22. The molecule has 0 N–H and O–H groups in total. The first kappa shape index (κ1) is 16.7. The molecule has 0 radical (unpaired) electrons. The number of halogens is 1. The van der Waals surface area contributed by atoms with E-state index in [9.17, 15) is 4.79 Å². The summed E-state index contributed by atoms with van der Waals surface area (Å²) in [6.45, 7) is 2.24. The number of amides is 1. The summed E-state index contributed by atoms with van der Waals surface area (Å²) in [4.78, 5) is 14.5. The van der Waals surface area contributed by atoms with Crippen LogP contribution in [0, 0.1) is 0 Å². The van der Waals surface area contributed by atoms with Crippen molar-refractivity contribution in [2.75, 3.05) is 6.54 Å². The maximum absolute atomic E-state index is 12.7. The average molecular weight is 371 g/mol. The molecular formula is C19H19ClN4O2. The van der Waals surface area contributed by atoms with Crippen LogP contribution in [0.2, 0.25) is 5.15 Å². The average Bonchev–Trinajstić information content (AvgIpc) is 3.22. The van der Waals surface area contributed by atoms with Crippen molar-refractivity contribution in [3.8, 4) is 5.88 Å². The predicted molar refractivity (Wildman–Crippen MR) is 98.2 cm³/mol. The summed E-state index contributed by atoms with van der Waals surface area (Å²) in [5, 5.41) is 5.03. The van der Waals surface area contributed by atoms with Crippen molar-refractivity contribution in [1.82, 2.24) is 19.2 Å². The minimum absolute atomic E-state index is 0.0216. The number of hydrogen-bond acceptors (Lipinski definition) is 3. The highest BCUT2D eigenvalue weighted by atomic mass is 35.5. The van der Waals surface area contributed by atoms with Gasteiger partial charge in [0.2, 0.25) is 5.88 Å². The van der Waals surface area contributed by atoms with E-state index in [0.29, 0.717) is 42.8 Å². The number of carbonyl (C=O) groups excluding carboxylic acids is 1. The van der Waals surface area contributed by atoms with Crippen LogP contribution in [0.25, 0.3) is 0 Å². The quantitative estimate of drug-likeness (QED) is 0.709. The van der Waals surface area contributed by atoms with Gasteiger partial charge in [-0.15, -0.1) is 5.10 Å². The molecule has 3 heterocycles. The van der Waals surface area contributed by atoms with E-state index in [1.54, 1.807) is 16.8 Å². The van der Waals surface area contributed by atoms with Gasteiger partial charge in [-0.05, 0) is 11.6 Å². The summed E-state index contributed by atoms with van der Waals surface area (Å²) >= 11 is 6.04. The van der Waals surface area contributed by atoms with Crippen LogP contribution in [0.3, 0.4) is 0 Å². The van der Waals surface area contributed by atoms with E-state index in [1.807, 2.05) is 53.0 Å². The van der Waals surface area contributed by atoms with Crippen LogP contribution >= 0.6 is 11.6 Å². The highest BCUT2D eigenvalue weighted by Gasteiger charge is 2.24. The second-order valence-corrected chi connectivity index (χ2v) is 6.75. The smallest absolute Gasteiger partial charge is 0.255 e. The number of aromatic nitrogens is 3. The molecule has 0 atom stereocenters. The molecule has 0 aliphatic carbocycles. The van der Waals surface area contributed by atoms with Crippen LogP contribution in [0.4, 0.5) is 0 Å². The molecule has 1 aliphatic heterocycles. The zero-order valence-electron chi connectivity index (χ0n) is 14.4. The molecule has 3 aromatic rings. The third-order valence-electron chi connectivity index (χ3n) is 4.48. The Morgan fingerprint density at radius 1 is 1.23 bits per heavy atom. The highest BCUT2D eigenvalue weighted by molar-refractivity contribution is 6.30. The molecular weight excluding hydrogens is 352 g/mol. The van der Waals surface area contributed by atoms with Crippen LogP contribution in [0.15, 0.2) is 48.7 Å². The van der Waals surface area contributed by atoms with Crippen LogP contribution < -0.4 is 4.74 Å². The number of benzene rings is 1. The predicted octanol–water partition coefficient (Wildman–Crippen LogP) is 3.11. The molecule has 0 saturated heterocycles. The Bertz CT molecular complexity index is 913. The maximum atomic E-state index is 12.7. The molecule has 4 rings (SSSR count). The first-order valence-electron chi connectivity index (χ1n) is 8.45. The summed E-state index contributed by atoms with van der Waals surface area (Å²) in [5.41, 5.74) is 2.66. The third-order valence-corrected chi connectivity index (χ3v) is 4.86. The molecule has 0 bridgehead atoms. The van der Waals surface area contributed by atoms with Gasteiger partial charge >= 0.3 is 0 Å². The largest absolute Gasteiger partial charge is 0.472 e. The van der Waals surface area contributed by atoms with Gasteiger partial charge in [-0.2, -0.15) is 0 Å². The lowest BCUT2D eigenvalue weighted by molar-refractivity contribution is 0.0706. The molecule has 0 fully saturated rings. The SMILES string of the molecule is Cn1cc(C(=O)N2CCn3nc(OCc4ccccc4)cc3C2)cc1Cl. The Kier molecular flexibility index (Phi) is 4.42. The van der Waals surface area contributed by atoms with Gasteiger partial charge in [-0.3, -0.25) is 9.48 Å². The van der Waals surface area contributed by atoms with Gasteiger partial charge < -0.3 is 14.2 Å². The second kappa shape index (κ2) is 6.88. The van der Waals surface area contributed by atoms with Crippen LogP contribution in [0.1, 0.15) is 21.6 Å². The lowest BCUT2D eigenvalue weighted by atomic mass is 10.2. The highest BCUT2D eigenvalue weighted by Crippen LogP contribution is 2.22. The Labute approximate surface area is 156 Å². The van der Waals surface area contributed by atoms with Crippen molar-refractivity contribution in [2.24, 2.45) is 7.05 Å². The Morgan fingerprint density at radius 2 is 2.04 bits per heavy atom. The van der Waals surface area contributed by atoms with Gasteiger partial charge in [-0.1, -0.05) is 41.9 Å². The first-order valence-corrected chi connectivity index (χ1v) is 8.82. The van der Waals surface area contributed by atoms with Crippen molar-refractivity contribution >= 4 is 17.5 Å². The third kappa shape index (κ3) is 3.32. The number of fused-ring (bicyclic) bond motifs is 1. The normalized spacial score (nSPS) is 13.5. The molecule has 2 aromatic heterocycles. The molecule has 0 unspecified atom stereocenters. The molecule has 7 heteroatoms. The minimum Gasteiger partial charge on any atom is -0.472 e. The number of ether oxygens (including phenoxy) is 1. The molecule has 1 aliphatic rings. The van der Waals surface area contributed by atoms with Crippen molar-refractivity contribution in [3.05, 3.63) is 70.6 Å². The zero-order valence-corrected chi connectivity index (χ0v) is 15.2. The van der Waals surface area contributed by atoms with Gasteiger partial charge in [-0.25, -0.2) is 0 Å². The molecule has 6 nitrogen and oxygen atoms in total. The van der Waals surface area contributed by atoms with Gasteiger partial charge in [0.05, 0.1) is 24.3 Å². The monoisotopic (exact) mass is 370 g/mol. The van der Waals surface area contributed by atoms with Gasteiger partial charge in [0.15, 0.2) is 0 Å². The Hall–Kier alpha value is -2.73. The van der Waals surface area contributed by atoms with Crippen molar-refractivity contribution < 1.29 is 9.53 Å². The summed E-state index contributed by atoms with van der Waals surface area (Å²) in [6.07, 6.45) is 1.75. The summed E-state index contributed by atoms with van der Waals surface area (Å²) in [6, 6.07) is 13.6. The van der Waals surface area contributed by atoms with E-state index in [0.717, 1.165) is 11.3 Å². The minimum atomic E-state index is -0.0216. The molecule has 0 spiro atoms. The van der Waals surface area contributed by atoms with Crippen LogP contribution in [-0.2, 0) is 26.7 Å². The van der Waals surface area contributed by atoms with Crippen molar-refractivity contribution in [2.45, 2.75) is 19.7 Å². The molecule has 26 heavy (non-hydrogen) atoms. The fourth-order valence-electron chi connectivity index (χ4n) is 3.05. The maximum Gasteiger partial charge on any atom is 0.255 e. The van der Waals surface area contributed by atoms with E-state index in [1.165, 1.54) is 0 Å². The Morgan fingerprint density at radius 3 is 2.77 bits per heavy atom. The van der Waals surface area contributed by atoms with Crippen LogP contribution in [0.5, 0.6) is 5.88 Å². The first-order chi connectivity index (χ1) is 12.6. The van der Waals surface area contributed by atoms with Gasteiger partial charge in [0.1, 0.15) is 11.8 Å². The van der Waals surface area contributed by atoms with E-state index in [4.69, 9.17) is 16.3 Å². The van der Waals surface area contributed by atoms with Gasteiger partial charge in [0.25, 0.3) is 5.91 Å². The van der Waals surface area contributed by atoms with E-state index < -0.39 is 0 Å². The fraction of sp³-hybridized carbons (Fsp3) is 0.263. The number of aryl methyl sites for hydroxylation is 1. The summed E-state index contributed by atoms with van der Waals surface area (Å²) in [7, 11) is 1.82. The lowest BCUT2D eigenvalue weighted by Crippen LogP contribution is -2.38. The molecule has 0 saturated carbocycles. The van der Waals surface area contributed by atoms with Gasteiger partial charge in [0, 0.05) is 25.9 Å². The lowest BCUT2D eigenvalue weighted by Gasteiger charge is -2.27. The number of rotatable bonds is 4. The van der Waals surface area contributed by atoms with Crippen molar-refractivity contribution in [1.29, 1.82) is 0 Å². The molecule has 134 valence electrons. The second-order valence-electron chi connectivity index (χ2n) is 6.36. The Balaban J connectivity index is 1.44. The van der Waals surface area contributed by atoms with Crippen LogP contribution in [-0.4, -0.2) is 31.7 Å².